The van der Waals surface area contributed by atoms with E-state index in [0.717, 1.165) is 0 Å². The second kappa shape index (κ2) is 6.58. The van der Waals surface area contributed by atoms with E-state index in [4.69, 9.17) is 20.8 Å². The lowest BCUT2D eigenvalue weighted by molar-refractivity contribution is 0.0918. The van der Waals surface area contributed by atoms with E-state index in [1.807, 2.05) is 0 Å². The lowest BCUT2D eigenvalue weighted by Gasteiger charge is -2.07. The molecule has 0 aliphatic heterocycles. The fraction of sp³-hybridized carbons (Fsp3) is 0.167. The first kappa shape index (κ1) is 13.9. The maximum Gasteiger partial charge on any atom is 0.288 e. The Hall–Kier alpha value is -1.53. The van der Waals surface area contributed by atoms with E-state index < -0.39 is 0 Å². The van der Waals surface area contributed by atoms with Gasteiger partial charge in [0, 0.05) is 6.20 Å². The number of hydrogen-bond acceptors (Lipinski definition) is 4. The second-order valence-corrected chi connectivity index (χ2v) is 4.75. The van der Waals surface area contributed by atoms with Crippen molar-refractivity contribution < 1.29 is 13.9 Å². The molecular weight excluding hydrogens is 335 g/mol. The van der Waals surface area contributed by atoms with Gasteiger partial charge in [0.05, 0.1) is 17.3 Å². The average molecular weight is 346 g/mol. The zero-order valence-electron chi connectivity index (χ0n) is 9.73. The third-order valence-electron chi connectivity index (χ3n) is 2.17. The number of pyridine rings is 1. The third-order valence-corrected chi connectivity index (χ3v) is 3.09. The van der Waals surface area contributed by atoms with Gasteiger partial charge in [-0.3, -0.25) is 4.79 Å². The summed E-state index contributed by atoms with van der Waals surface area (Å²) in [6, 6.07) is 5.05. The van der Waals surface area contributed by atoms with Crippen LogP contribution in [-0.2, 0) is 0 Å². The lowest BCUT2D eigenvalue weighted by Crippen LogP contribution is -2.28. The smallest absolute Gasteiger partial charge is 0.288 e. The molecule has 0 aliphatic rings. The van der Waals surface area contributed by atoms with Gasteiger partial charge in [0.1, 0.15) is 11.6 Å². The second-order valence-electron chi connectivity index (χ2n) is 3.49. The summed E-state index contributed by atoms with van der Waals surface area (Å²) in [5, 5.41) is 3.09. The molecule has 7 heteroatoms. The van der Waals surface area contributed by atoms with E-state index in [0.29, 0.717) is 21.9 Å². The molecule has 2 rings (SSSR count). The quantitative estimate of drug-likeness (QED) is 0.846. The minimum Gasteiger partial charge on any atom is -0.475 e. The molecule has 5 nitrogen and oxygen atoms in total. The first-order valence-electron chi connectivity index (χ1n) is 5.43. The average Bonchev–Trinajstić information content (AvgIpc) is 2.82. The van der Waals surface area contributed by atoms with Gasteiger partial charge in [-0.1, -0.05) is 11.6 Å². The predicted molar refractivity (Wildman–Crippen MR) is 73.5 cm³/mol. The summed E-state index contributed by atoms with van der Waals surface area (Å²) < 4.78 is 11.0. The minimum atomic E-state index is -0.312. The zero-order chi connectivity index (χ0) is 13.7. The maximum absolute atomic E-state index is 11.7. The van der Waals surface area contributed by atoms with Gasteiger partial charge in [-0.25, -0.2) is 4.98 Å². The van der Waals surface area contributed by atoms with E-state index in [-0.39, 0.29) is 18.3 Å². The van der Waals surface area contributed by atoms with Crippen molar-refractivity contribution in [2.24, 2.45) is 0 Å². The van der Waals surface area contributed by atoms with Crippen LogP contribution in [0.1, 0.15) is 10.6 Å². The van der Waals surface area contributed by atoms with Crippen LogP contribution in [0.4, 0.5) is 0 Å². The summed E-state index contributed by atoms with van der Waals surface area (Å²) in [6.07, 6.45) is 3.02. The Morgan fingerprint density at radius 1 is 1.53 bits per heavy atom. The molecule has 2 aromatic heterocycles. The Bertz CT molecular complexity index is 574. The first-order valence-corrected chi connectivity index (χ1v) is 6.60. The first-order chi connectivity index (χ1) is 9.18. The van der Waals surface area contributed by atoms with Crippen molar-refractivity contribution in [1.82, 2.24) is 10.3 Å². The maximum atomic E-state index is 11.7. The van der Waals surface area contributed by atoms with Crippen molar-refractivity contribution in [1.29, 1.82) is 0 Å². The van der Waals surface area contributed by atoms with Crippen LogP contribution >= 0.6 is 27.5 Å². The number of amides is 1. The Morgan fingerprint density at radius 2 is 2.37 bits per heavy atom. The van der Waals surface area contributed by atoms with Crippen LogP contribution in [0, 0.1) is 0 Å². The Labute approximate surface area is 123 Å². The van der Waals surface area contributed by atoms with E-state index >= 15 is 0 Å². The van der Waals surface area contributed by atoms with E-state index in [1.54, 1.807) is 24.4 Å². The normalized spacial score (nSPS) is 10.2. The molecule has 2 heterocycles. The fourth-order valence-corrected chi connectivity index (χ4v) is 1.88. The van der Waals surface area contributed by atoms with Gasteiger partial charge < -0.3 is 14.5 Å². The number of nitrogens with zero attached hydrogens (tertiary/aromatic N) is 1. The Balaban J connectivity index is 1.77. The van der Waals surface area contributed by atoms with Gasteiger partial charge in [-0.2, -0.15) is 0 Å². The number of aromatic nitrogens is 1. The molecule has 0 atom stereocenters. The van der Waals surface area contributed by atoms with Crippen LogP contribution in [0.15, 0.2) is 39.5 Å². The van der Waals surface area contributed by atoms with Crippen LogP contribution in [0.25, 0.3) is 0 Å². The number of furan rings is 1. The van der Waals surface area contributed by atoms with E-state index in [2.05, 4.69) is 26.2 Å². The van der Waals surface area contributed by atoms with E-state index in [9.17, 15) is 4.79 Å². The van der Waals surface area contributed by atoms with Gasteiger partial charge in [-0.15, -0.1) is 0 Å². The SMILES string of the molecule is O=C(NCCOc1ncccc1Cl)c1occc1Br. The summed E-state index contributed by atoms with van der Waals surface area (Å²) in [7, 11) is 0. The Morgan fingerprint density at radius 3 is 3.05 bits per heavy atom. The molecule has 0 unspecified atom stereocenters. The number of halogens is 2. The van der Waals surface area contributed by atoms with Gasteiger partial charge in [0.15, 0.2) is 0 Å². The number of carbonyl (C=O) groups is 1. The standard InChI is InChI=1S/C12H10BrClN2O3/c13-8-3-6-18-10(8)11(17)15-5-7-19-12-9(14)2-1-4-16-12/h1-4,6H,5,7H2,(H,15,17). The minimum absolute atomic E-state index is 0.232. The molecule has 19 heavy (non-hydrogen) atoms. The van der Waals surface area contributed by atoms with Crippen molar-refractivity contribution in [3.63, 3.8) is 0 Å². The number of ether oxygens (including phenoxy) is 1. The summed E-state index contributed by atoms with van der Waals surface area (Å²) in [5.41, 5.74) is 0. The molecule has 0 fully saturated rings. The van der Waals surface area contributed by atoms with Crippen molar-refractivity contribution in [3.8, 4) is 5.88 Å². The molecule has 1 N–H and O–H groups in total. The number of rotatable bonds is 5. The summed E-state index contributed by atoms with van der Waals surface area (Å²) >= 11 is 9.08. The molecule has 0 bridgehead atoms. The van der Waals surface area contributed by atoms with E-state index in [1.165, 1.54) is 6.26 Å². The predicted octanol–water partition coefficient (Wildman–Crippen LogP) is 2.90. The largest absolute Gasteiger partial charge is 0.475 e. The van der Waals surface area contributed by atoms with Crippen molar-refractivity contribution >= 4 is 33.4 Å². The summed E-state index contributed by atoms with van der Waals surface area (Å²) in [4.78, 5) is 15.6. The molecule has 2 aromatic rings. The number of hydrogen-bond donors (Lipinski definition) is 1. The highest BCUT2D eigenvalue weighted by Gasteiger charge is 2.12. The van der Waals surface area contributed by atoms with Crippen molar-refractivity contribution in [2.75, 3.05) is 13.2 Å². The zero-order valence-corrected chi connectivity index (χ0v) is 12.1. The molecule has 0 aromatic carbocycles. The van der Waals surface area contributed by atoms with Gasteiger partial charge >= 0.3 is 0 Å². The molecule has 1 amide bonds. The number of nitrogens with one attached hydrogen (secondary N) is 1. The van der Waals surface area contributed by atoms with Crippen molar-refractivity contribution in [3.05, 3.63) is 45.9 Å². The third kappa shape index (κ3) is 3.71. The molecule has 0 radical (unpaired) electrons. The van der Waals surface area contributed by atoms with Crippen LogP contribution in [0.5, 0.6) is 5.88 Å². The molecular formula is C12H10BrClN2O3. The van der Waals surface area contributed by atoms with Gasteiger partial charge in [0.25, 0.3) is 5.91 Å². The molecule has 0 aliphatic carbocycles. The van der Waals surface area contributed by atoms with Crippen LogP contribution in [-0.4, -0.2) is 24.0 Å². The van der Waals surface area contributed by atoms with Gasteiger partial charge in [0.2, 0.25) is 11.6 Å². The highest BCUT2D eigenvalue weighted by atomic mass is 79.9. The lowest BCUT2D eigenvalue weighted by atomic mass is 10.4. The van der Waals surface area contributed by atoms with Crippen LogP contribution < -0.4 is 10.1 Å². The highest BCUT2D eigenvalue weighted by molar-refractivity contribution is 9.10. The monoisotopic (exact) mass is 344 g/mol. The summed E-state index contributed by atoms with van der Waals surface area (Å²) in [5.74, 6) is 0.265. The summed E-state index contributed by atoms with van der Waals surface area (Å²) in [6.45, 7) is 0.583. The van der Waals surface area contributed by atoms with Crippen molar-refractivity contribution in [2.45, 2.75) is 0 Å². The molecule has 0 spiro atoms. The topological polar surface area (TPSA) is 64.4 Å². The number of carbonyl (C=O) groups excluding carboxylic acids is 1. The molecule has 0 saturated heterocycles. The Kier molecular flexibility index (Phi) is 4.81. The van der Waals surface area contributed by atoms with Gasteiger partial charge in [-0.05, 0) is 34.1 Å². The van der Waals surface area contributed by atoms with Crippen LogP contribution in [0.3, 0.4) is 0 Å². The molecule has 100 valence electrons. The highest BCUT2D eigenvalue weighted by Crippen LogP contribution is 2.19. The van der Waals surface area contributed by atoms with Crippen LogP contribution in [0.2, 0.25) is 5.02 Å². The molecule has 0 saturated carbocycles. The fourth-order valence-electron chi connectivity index (χ4n) is 1.33.